The second kappa shape index (κ2) is 5.91. The van der Waals surface area contributed by atoms with E-state index in [9.17, 15) is 13.6 Å². The van der Waals surface area contributed by atoms with Crippen molar-refractivity contribution >= 4 is 11.7 Å². The van der Waals surface area contributed by atoms with E-state index in [1.807, 2.05) is 0 Å². The summed E-state index contributed by atoms with van der Waals surface area (Å²) in [7, 11) is 0. The van der Waals surface area contributed by atoms with Gasteiger partial charge in [0.25, 0.3) is 0 Å². The zero-order valence-corrected chi connectivity index (χ0v) is 11.7. The van der Waals surface area contributed by atoms with Crippen molar-refractivity contribution in [3.63, 3.8) is 0 Å². The van der Waals surface area contributed by atoms with Crippen LogP contribution in [0.1, 0.15) is 24.2 Å². The zero-order chi connectivity index (χ0) is 15.6. The maximum absolute atomic E-state index is 14.5. The van der Waals surface area contributed by atoms with Crippen LogP contribution in [-0.2, 0) is 4.74 Å². The second-order valence-corrected chi connectivity index (χ2v) is 4.86. The van der Waals surface area contributed by atoms with E-state index in [2.05, 4.69) is 0 Å². The summed E-state index contributed by atoms with van der Waals surface area (Å²) in [5.41, 5.74) is 5.74. The van der Waals surface area contributed by atoms with Gasteiger partial charge >= 0.3 is 5.97 Å². The number of carbonyl (C=O) groups excluding carboxylic acids is 1. The number of hydrogen-bond acceptors (Lipinski definition) is 3. The van der Waals surface area contributed by atoms with E-state index in [-0.39, 0.29) is 16.8 Å². The van der Waals surface area contributed by atoms with Crippen LogP contribution in [0, 0.1) is 11.6 Å². The highest BCUT2D eigenvalue weighted by molar-refractivity contribution is 5.97. The molecule has 0 spiro atoms. The molecule has 0 aliphatic carbocycles. The molecule has 0 aromatic heterocycles. The third kappa shape index (κ3) is 3.18. The van der Waals surface area contributed by atoms with Crippen LogP contribution in [-0.4, -0.2) is 12.1 Å². The number of halogens is 2. The lowest BCUT2D eigenvalue weighted by molar-refractivity contribution is 0.0374. The number of benzene rings is 2. The van der Waals surface area contributed by atoms with Crippen LogP contribution in [0.4, 0.5) is 14.5 Å². The molecule has 0 amide bonds. The van der Waals surface area contributed by atoms with Gasteiger partial charge in [0.05, 0.1) is 6.10 Å². The van der Waals surface area contributed by atoms with Crippen LogP contribution in [0.2, 0.25) is 0 Å². The van der Waals surface area contributed by atoms with Gasteiger partial charge in [-0.15, -0.1) is 0 Å². The first kappa shape index (κ1) is 15.0. The quantitative estimate of drug-likeness (QED) is 0.691. The molecule has 110 valence electrons. The Bertz CT molecular complexity index is 684. The number of hydrogen-bond donors (Lipinski definition) is 1. The van der Waals surface area contributed by atoms with E-state index >= 15 is 0 Å². The van der Waals surface area contributed by atoms with Gasteiger partial charge < -0.3 is 10.5 Å². The predicted molar refractivity (Wildman–Crippen MR) is 76.8 cm³/mol. The minimum atomic E-state index is -0.835. The van der Waals surface area contributed by atoms with Gasteiger partial charge in [-0.3, -0.25) is 0 Å². The minimum Gasteiger partial charge on any atom is -0.459 e. The van der Waals surface area contributed by atoms with E-state index in [1.165, 1.54) is 30.3 Å². The molecule has 21 heavy (non-hydrogen) atoms. The molecule has 0 fully saturated rings. The first-order valence-corrected chi connectivity index (χ1v) is 6.45. The molecule has 5 heteroatoms. The maximum Gasteiger partial charge on any atom is 0.343 e. The van der Waals surface area contributed by atoms with Crippen molar-refractivity contribution in [2.75, 3.05) is 5.73 Å². The lowest BCUT2D eigenvalue weighted by Gasteiger charge is -2.13. The van der Waals surface area contributed by atoms with Crippen LogP contribution in [0.3, 0.4) is 0 Å². The van der Waals surface area contributed by atoms with Crippen molar-refractivity contribution in [3.8, 4) is 11.1 Å². The molecule has 0 saturated heterocycles. The molecular formula is C16H15F2NO2. The average Bonchev–Trinajstić information content (AvgIpc) is 2.37. The number of esters is 1. The fraction of sp³-hybridized carbons (Fsp3) is 0.188. The maximum atomic E-state index is 14.5. The summed E-state index contributed by atoms with van der Waals surface area (Å²) in [6.07, 6.45) is -0.394. The Hall–Kier alpha value is -2.43. The summed E-state index contributed by atoms with van der Waals surface area (Å²) in [6, 6.07) is 8.27. The highest BCUT2D eigenvalue weighted by Crippen LogP contribution is 2.29. The number of carbonyl (C=O) groups is 1. The van der Waals surface area contributed by atoms with Crippen molar-refractivity contribution < 1.29 is 18.3 Å². The van der Waals surface area contributed by atoms with Gasteiger partial charge in [0.1, 0.15) is 17.2 Å². The first-order valence-electron chi connectivity index (χ1n) is 6.45. The van der Waals surface area contributed by atoms with Crippen molar-refractivity contribution in [3.05, 3.63) is 53.6 Å². The average molecular weight is 291 g/mol. The molecule has 0 unspecified atom stereocenters. The van der Waals surface area contributed by atoms with Gasteiger partial charge in [0.2, 0.25) is 0 Å². The van der Waals surface area contributed by atoms with Gasteiger partial charge in [-0.2, -0.15) is 0 Å². The topological polar surface area (TPSA) is 52.3 Å². The molecule has 0 aliphatic rings. The lowest BCUT2D eigenvalue weighted by Crippen LogP contribution is -2.15. The SMILES string of the molecule is CC(C)OC(=O)c1c(N)ccc(-c2cccc(F)c2)c1F. The number of ether oxygens (including phenoxy) is 1. The van der Waals surface area contributed by atoms with E-state index in [1.54, 1.807) is 19.9 Å². The molecule has 0 atom stereocenters. The van der Waals surface area contributed by atoms with Crippen molar-refractivity contribution in [2.45, 2.75) is 20.0 Å². The highest BCUT2D eigenvalue weighted by atomic mass is 19.1. The first-order chi connectivity index (χ1) is 9.90. The molecule has 0 saturated carbocycles. The van der Waals surface area contributed by atoms with E-state index in [0.717, 1.165) is 0 Å². The third-order valence-electron chi connectivity index (χ3n) is 2.86. The number of nitrogens with two attached hydrogens (primary N) is 1. The van der Waals surface area contributed by atoms with Crippen LogP contribution in [0.25, 0.3) is 11.1 Å². The summed E-state index contributed by atoms with van der Waals surface area (Å²) in [4.78, 5) is 11.9. The van der Waals surface area contributed by atoms with Crippen LogP contribution in [0.15, 0.2) is 36.4 Å². The number of anilines is 1. The summed E-state index contributed by atoms with van der Waals surface area (Å²) in [6.45, 7) is 3.31. The molecule has 0 heterocycles. The van der Waals surface area contributed by atoms with Gasteiger partial charge in [0.15, 0.2) is 0 Å². The highest BCUT2D eigenvalue weighted by Gasteiger charge is 2.21. The standard InChI is InChI=1S/C16H15F2NO2/c1-9(2)21-16(20)14-13(19)7-6-12(15(14)18)10-4-3-5-11(17)8-10/h3-9H,19H2,1-2H3. The molecule has 0 aliphatic heterocycles. The molecule has 0 bridgehead atoms. The Morgan fingerprint density at radius 3 is 2.52 bits per heavy atom. The molecule has 2 rings (SSSR count). The van der Waals surface area contributed by atoms with Crippen LogP contribution >= 0.6 is 0 Å². The Morgan fingerprint density at radius 1 is 1.19 bits per heavy atom. The summed E-state index contributed by atoms with van der Waals surface area (Å²) in [5, 5.41) is 0. The molecule has 0 radical (unpaired) electrons. The molecule has 2 N–H and O–H groups in total. The smallest absolute Gasteiger partial charge is 0.343 e. The molecule has 2 aromatic rings. The Morgan fingerprint density at radius 2 is 1.90 bits per heavy atom. The van der Waals surface area contributed by atoms with E-state index < -0.39 is 23.7 Å². The molecule has 2 aromatic carbocycles. The lowest BCUT2D eigenvalue weighted by atomic mass is 10.0. The normalized spacial score (nSPS) is 10.7. The van der Waals surface area contributed by atoms with Crippen molar-refractivity contribution in [2.24, 2.45) is 0 Å². The van der Waals surface area contributed by atoms with E-state index in [0.29, 0.717) is 5.56 Å². The Balaban J connectivity index is 2.53. The number of nitrogen functional groups attached to an aromatic ring is 1. The monoisotopic (exact) mass is 291 g/mol. The summed E-state index contributed by atoms with van der Waals surface area (Å²) in [5.74, 6) is -2.14. The van der Waals surface area contributed by atoms with Crippen LogP contribution < -0.4 is 5.73 Å². The largest absolute Gasteiger partial charge is 0.459 e. The fourth-order valence-corrected chi connectivity index (χ4v) is 1.95. The molecular weight excluding hydrogens is 276 g/mol. The summed E-state index contributed by atoms with van der Waals surface area (Å²) < 4.78 is 32.8. The fourth-order valence-electron chi connectivity index (χ4n) is 1.95. The van der Waals surface area contributed by atoms with Gasteiger partial charge in [-0.25, -0.2) is 13.6 Å². The van der Waals surface area contributed by atoms with Crippen molar-refractivity contribution in [1.82, 2.24) is 0 Å². The van der Waals surface area contributed by atoms with Crippen LogP contribution in [0.5, 0.6) is 0 Å². The molecule has 3 nitrogen and oxygen atoms in total. The van der Waals surface area contributed by atoms with Gasteiger partial charge in [0, 0.05) is 11.3 Å². The Labute approximate surface area is 121 Å². The Kier molecular flexibility index (Phi) is 4.21. The zero-order valence-electron chi connectivity index (χ0n) is 11.7. The third-order valence-corrected chi connectivity index (χ3v) is 2.86. The van der Waals surface area contributed by atoms with E-state index in [4.69, 9.17) is 10.5 Å². The van der Waals surface area contributed by atoms with Crippen molar-refractivity contribution in [1.29, 1.82) is 0 Å². The minimum absolute atomic E-state index is 0.0155. The second-order valence-electron chi connectivity index (χ2n) is 4.86. The predicted octanol–water partition coefficient (Wildman–Crippen LogP) is 3.78. The number of rotatable bonds is 3. The van der Waals surface area contributed by atoms with Gasteiger partial charge in [-0.1, -0.05) is 12.1 Å². The van der Waals surface area contributed by atoms with Gasteiger partial charge in [-0.05, 0) is 43.7 Å². The summed E-state index contributed by atoms with van der Waals surface area (Å²) >= 11 is 0.